The number of thiazole rings is 1. The number of benzene rings is 2. The molecule has 4 rings (SSSR count). The van der Waals surface area contributed by atoms with Gasteiger partial charge < -0.3 is 14.6 Å². The lowest BCUT2D eigenvalue weighted by molar-refractivity contribution is -0.132. The van der Waals surface area contributed by atoms with Crippen molar-refractivity contribution in [2.75, 3.05) is 18.6 Å². The van der Waals surface area contributed by atoms with E-state index in [1.807, 2.05) is 26.0 Å². The molecule has 2 heterocycles. The van der Waals surface area contributed by atoms with E-state index < -0.39 is 23.7 Å². The molecule has 1 aliphatic heterocycles. The van der Waals surface area contributed by atoms with Gasteiger partial charge in [0, 0.05) is 5.56 Å². The smallest absolute Gasteiger partial charge is 0.350 e. The lowest BCUT2D eigenvalue weighted by Crippen LogP contribution is -2.29. The van der Waals surface area contributed by atoms with Gasteiger partial charge in [-0.1, -0.05) is 53.8 Å². The Morgan fingerprint density at radius 2 is 1.86 bits per heavy atom. The fourth-order valence-corrected chi connectivity index (χ4v) is 5.14. The number of amides is 1. The van der Waals surface area contributed by atoms with Gasteiger partial charge >= 0.3 is 11.9 Å². The molecule has 1 amide bonds. The molecule has 1 N–H and O–H groups in total. The minimum atomic E-state index is -0.953. The molecule has 2 aromatic carbocycles. The minimum Gasteiger partial charge on any atom is -0.507 e. The van der Waals surface area contributed by atoms with Crippen molar-refractivity contribution >= 4 is 39.9 Å². The zero-order valence-electron chi connectivity index (χ0n) is 20.9. The highest BCUT2D eigenvalue weighted by Gasteiger charge is 2.48. The molecule has 9 heteroatoms. The lowest BCUT2D eigenvalue weighted by atomic mass is 9.94. The number of aliphatic hydroxyl groups is 1. The van der Waals surface area contributed by atoms with Crippen LogP contribution in [-0.2, 0) is 14.3 Å². The van der Waals surface area contributed by atoms with Gasteiger partial charge in [0.25, 0.3) is 5.78 Å². The Balaban J connectivity index is 1.88. The highest BCUT2D eigenvalue weighted by Crippen LogP contribution is 2.44. The number of hydrogen-bond donors (Lipinski definition) is 1. The van der Waals surface area contributed by atoms with Crippen LogP contribution in [-0.4, -0.2) is 41.5 Å². The van der Waals surface area contributed by atoms with Gasteiger partial charge in [-0.15, -0.1) is 0 Å². The monoisotopic (exact) mass is 518 g/mol. The summed E-state index contributed by atoms with van der Waals surface area (Å²) in [6.07, 6.45) is 1.45. The molecular formula is C28H26N2O6S. The zero-order valence-corrected chi connectivity index (χ0v) is 21.7. The molecule has 190 valence electrons. The summed E-state index contributed by atoms with van der Waals surface area (Å²) in [6, 6.07) is 11.4. The largest absolute Gasteiger partial charge is 0.507 e. The predicted octanol–water partition coefficient (Wildman–Crippen LogP) is 5.05. The molecule has 1 atom stereocenters. The first-order valence-electron chi connectivity index (χ1n) is 11.5. The van der Waals surface area contributed by atoms with Crippen molar-refractivity contribution in [1.82, 2.24) is 4.98 Å². The average molecular weight is 519 g/mol. The molecule has 1 saturated heterocycles. The molecule has 37 heavy (non-hydrogen) atoms. The number of aliphatic hydroxyl groups excluding tert-OH is 1. The van der Waals surface area contributed by atoms with Gasteiger partial charge in [-0.3, -0.25) is 14.5 Å². The second-order valence-corrected chi connectivity index (χ2v) is 9.54. The summed E-state index contributed by atoms with van der Waals surface area (Å²) in [5.41, 5.74) is 3.03. The number of esters is 1. The fourth-order valence-electron chi connectivity index (χ4n) is 4.15. The van der Waals surface area contributed by atoms with Crippen molar-refractivity contribution in [3.63, 3.8) is 0 Å². The number of ketones is 1. The third-order valence-corrected chi connectivity index (χ3v) is 7.15. The topological polar surface area (TPSA) is 106 Å². The Hall–Kier alpha value is -4.24. The molecule has 0 bridgehead atoms. The third kappa shape index (κ3) is 4.77. The average Bonchev–Trinajstić information content (AvgIpc) is 3.39. The zero-order chi connectivity index (χ0) is 26.9. The molecule has 1 aromatic heterocycles. The van der Waals surface area contributed by atoms with E-state index in [9.17, 15) is 19.5 Å². The molecule has 0 saturated carbocycles. The predicted molar refractivity (Wildman–Crippen MR) is 141 cm³/mol. The normalized spacial score (nSPS) is 16.6. The Bertz CT molecular complexity index is 1440. The number of rotatable bonds is 7. The van der Waals surface area contributed by atoms with Crippen LogP contribution in [0.1, 0.15) is 43.7 Å². The Morgan fingerprint density at radius 3 is 2.49 bits per heavy atom. The number of aryl methyl sites for hydroxylation is 3. The molecule has 0 radical (unpaired) electrons. The van der Waals surface area contributed by atoms with Crippen LogP contribution in [0.3, 0.4) is 0 Å². The van der Waals surface area contributed by atoms with Gasteiger partial charge in [-0.2, -0.15) is 0 Å². The maximum absolute atomic E-state index is 13.4. The van der Waals surface area contributed by atoms with E-state index in [-0.39, 0.29) is 27.9 Å². The van der Waals surface area contributed by atoms with Gasteiger partial charge in [0.1, 0.15) is 23.0 Å². The van der Waals surface area contributed by atoms with Crippen LogP contribution < -0.4 is 9.64 Å². The van der Waals surface area contributed by atoms with E-state index in [1.165, 1.54) is 11.0 Å². The van der Waals surface area contributed by atoms with Crippen molar-refractivity contribution in [3.8, 4) is 5.75 Å². The molecule has 0 spiro atoms. The summed E-state index contributed by atoms with van der Waals surface area (Å²) in [5, 5.41) is 11.5. The van der Waals surface area contributed by atoms with Crippen molar-refractivity contribution in [3.05, 3.63) is 93.5 Å². The van der Waals surface area contributed by atoms with E-state index in [4.69, 9.17) is 9.47 Å². The first-order chi connectivity index (χ1) is 17.7. The number of carbonyl (C=O) groups excluding carboxylic acids is 3. The van der Waals surface area contributed by atoms with E-state index in [2.05, 4.69) is 11.6 Å². The summed E-state index contributed by atoms with van der Waals surface area (Å²) in [6.45, 7) is 8.93. The number of nitrogens with zero attached hydrogens (tertiary/aromatic N) is 2. The fraction of sp³-hybridized carbons (Fsp3) is 0.214. The first-order valence-corrected chi connectivity index (χ1v) is 12.3. The van der Waals surface area contributed by atoms with Crippen LogP contribution in [0.25, 0.3) is 5.76 Å². The van der Waals surface area contributed by atoms with E-state index in [0.717, 1.165) is 22.5 Å². The van der Waals surface area contributed by atoms with E-state index in [1.54, 1.807) is 44.4 Å². The SMILES string of the molecule is C=CCOC(=O)c1sc(N2C(=O)C(=O)/C(=C(\O)c3ccc(OC)c(C)c3)C2c2ccc(C)cc2)nc1C. The van der Waals surface area contributed by atoms with Gasteiger partial charge in [0.2, 0.25) is 0 Å². The summed E-state index contributed by atoms with van der Waals surface area (Å²) in [7, 11) is 1.54. The van der Waals surface area contributed by atoms with Crippen LogP contribution >= 0.6 is 11.3 Å². The second-order valence-electron chi connectivity index (χ2n) is 8.56. The highest BCUT2D eigenvalue weighted by atomic mass is 32.1. The van der Waals surface area contributed by atoms with Crippen molar-refractivity contribution in [1.29, 1.82) is 0 Å². The van der Waals surface area contributed by atoms with Crippen LogP contribution in [0.15, 0.2) is 60.7 Å². The van der Waals surface area contributed by atoms with Crippen LogP contribution in [0.4, 0.5) is 5.13 Å². The number of anilines is 1. The third-order valence-electron chi connectivity index (χ3n) is 6.01. The van der Waals surface area contributed by atoms with Crippen molar-refractivity contribution in [2.24, 2.45) is 0 Å². The number of ether oxygens (including phenoxy) is 2. The van der Waals surface area contributed by atoms with E-state index in [0.29, 0.717) is 22.6 Å². The van der Waals surface area contributed by atoms with Gasteiger partial charge in [0.15, 0.2) is 5.13 Å². The second kappa shape index (κ2) is 10.4. The number of hydrogen-bond acceptors (Lipinski definition) is 8. The van der Waals surface area contributed by atoms with Gasteiger partial charge in [0.05, 0.1) is 24.4 Å². The summed E-state index contributed by atoms with van der Waals surface area (Å²) < 4.78 is 10.4. The molecule has 1 fully saturated rings. The van der Waals surface area contributed by atoms with Crippen molar-refractivity contribution in [2.45, 2.75) is 26.8 Å². The van der Waals surface area contributed by atoms with E-state index >= 15 is 0 Å². The number of carbonyl (C=O) groups is 3. The van der Waals surface area contributed by atoms with Crippen LogP contribution in [0, 0.1) is 20.8 Å². The molecule has 1 unspecified atom stereocenters. The Labute approximate surface area is 218 Å². The molecule has 1 aliphatic rings. The summed E-state index contributed by atoms with van der Waals surface area (Å²) >= 11 is 0.952. The quantitative estimate of drug-likeness (QED) is 0.153. The van der Waals surface area contributed by atoms with Gasteiger partial charge in [-0.25, -0.2) is 9.78 Å². The molecule has 0 aliphatic carbocycles. The maximum Gasteiger partial charge on any atom is 0.350 e. The molecule has 8 nitrogen and oxygen atoms in total. The van der Waals surface area contributed by atoms with Gasteiger partial charge in [-0.05, 0) is 50.1 Å². The van der Waals surface area contributed by atoms with Crippen LogP contribution in [0.5, 0.6) is 5.75 Å². The van der Waals surface area contributed by atoms with Crippen molar-refractivity contribution < 1.29 is 29.0 Å². The number of methoxy groups -OCH3 is 1. The minimum absolute atomic E-state index is 0.0284. The molecule has 3 aromatic rings. The number of Topliss-reactive ketones (excluding diaryl/α,β-unsaturated/α-hetero) is 1. The molecular weight excluding hydrogens is 492 g/mol. The first kappa shape index (κ1) is 25.8. The Morgan fingerprint density at radius 1 is 1.16 bits per heavy atom. The standard InChI is InChI=1S/C28H26N2O6S/c1-6-13-36-27(34)25-17(4)29-28(37-25)30-22(18-9-7-15(2)8-10-18)21(24(32)26(30)33)23(31)19-11-12-20(35-5)16(3)14-19/h6-12,14,22,31H,1,13H2,2-5H3/b23-21-. The maximum atomic E-state index is 13.4. The number of aromatic nitrogens is 1. The highest BCUT2D eigenvalue weighted by molar-refractivity contribution is 7.17. The summed E-state index contributed by atoms with van der Waals surface area (Å²) in [5.74, 6) is -1.98. The Kier molecular flexibility index (Phi) is 7.26. The summed E-state index contributed by atoms with van der Waals surface area (Å²) in [4.78, 5) is 45.1. The lowest BCUT2D eigenvalue weighted by Gasteiger charge is -2.23. The van der Waals surface area contributed by atoms with Crippen LogP contribution in [0.2, 0.25) is 0 Å².